The quantitative estimate of drug-likeness (QED) is 0.659. The molecule has 0 fully saturated rings. The maximum atomic E-state index is 12.3. The van der Waals surface area contributed by atoms with E-state index in [1.165, 1.54) is 6.33 Å². The molecule has 0 aliphatic heterocycles. The van der Waals surface area contributed by atoms with E-state index in [1.54, 1.807) is 31.2 Å². The predicted octanol–water partition coefficient (Wildman–Crippen LogP) is 2.54. The molecule has 0 aliphatic rings. The average Bonchev–Trinajstić information content (AvgIpc) is 3.17. The molecule has 3 rings (SSSR count). The van der Waals surface area contributed by atoms with Crippen molar-refractivity contribution in [3.8, 4) is 11.4 Å². The third kappa shape index (κ3) is 4.13. The van der Waals surface area contributed by atoms with Crippen molar-refractivity contribution >= 4 is 17.5 Å². The highest BCUT2D eigenvalue weighted by molar-refractivity contribution is 6.01. The number of nitrogens with one attached hydrogen (secondary N) is 3. The van der Waals surface area contributed by atoms with E-state index in [0.29, 0.717) is 17.1 Å². The Labute approximate surface area is 150 Å². The van der Waals surface area contributed by atoms with Crippen molar-refractivity contribution in [2.24, 2.45) is 0 Å². The largest absolute Gasteiger partial charge is 0.341 e. The third-order valence-electron chi connectivity index (χ3n) is 3.86. The van der Waals surface area contributed by atoms with Gasteiger partial charge in [-0.25, -0.2) is 4.98 Å². The summed E-state index contributed by atoms with van der Waals surface area (Å²) in [6.45, 7) is 3.56. The van der Waals surface area contributed by atoms with Gasteiger partial charge >= 0.3 is 0 Å². The number of carbonyl (C=O) groups excluding carboxylic acids is 2. The lowest BCUT2D eigenvalue weighted by atomic mass is 10.1. The second-order valence-electron chi connectivity index (χ2n) is 5.97. The molecule has 26 heavy (non-hydrogen) atoms. The maximum absolute atomic E-state index is 12.3. The summed E-state index contributed by atoms with van der Waals surface area (Å²) in [6.07, 6.45) is 1.43. The Morgan fingerprint density at radius 2 is 1.88 bits per heavy atom. The Balaban J connectivity index is 1.59. The first-order valence-corrected chi connectivity index (χ1v) is 8.17. The Morgan fingerprint density at radius 3 is 2.54 bits per heavy atom. The molecule has 7 nitrogen and oxygen atoms in total. The summed E-state index contributed by atoms with van der Waals surface area (Å²) >= 11 is 0. The second-order valence-corrected chi connectivity index (χ2v) is 5.97. The molecule has 7 heteroatoms. The van der Waals surface area contributed by atoms with Crippen LogP contribution in [0.2, 0.25) is 0 Å². The lowest BCUT2D eigenvalue weighted by molar-refractivity contribution is -0.117. The lowest BCUT2D eigenvalue weighted by Gasteiger charge is -2.14. The Kier molecular flexibility index (Phi) is 5.07. The number of amides is 2. The van der Waals surface area contributed by atoms with E-state index in [1.807, 2.05) is 31.2 Å². The monoisotopic (exact) mass is 349 g/mol. The van der Waals surface area contributed by atoms with Crippen LogP contribution in [0.3, 0.4) is 0 Å². The van der Waals surface area contributed by atoms with Crippen LogP contribution in [0, 0.1) is 6.92 Å². The number of hydrogen-bond donors (Lipinski definition) is 3. The number of carbonyl (C=O) groups is 2. The van der Waals surface area contributed by atoms with E-state index in [2.05, 4.69) is 25.8 Å². The number of aromatic nitrogens is 3. The molecule has 0 saturated carbocycles. The van der Waals surface area contributed by atoms with Crippen molar-refractivity contribution in [3.05, 3.63) is 66.0 Å². The molecular weight excluding hydrogens is 330 g/mol. The molecule has 0 saturated heterocycles. The van der Waals surface area contributed by atoms with Gasteiger partial charge in [0.2, 0.25) is 5.91 Å². The number of anilines is 1. The number of benzene rings is 2. The van der Waals surface area contributed by atoms with E-state index >= 15 is 0 Å². The highest BCUT2D eigenvalue weighted by Gasteiger charge is 2.17. The third-order valence-corrected chi connectivity index (χ3v) is 3.86. The van der Waals surface area contributed by atoms with Crippen molar-refractivity contribution < 1.29 is 9.59 Å². The number of aryl methyl sites for hydroxylation is 1. The zero-order chi connectivity index (χ0) is 18.5. The van der Waals surface area contributed by atoms with Crippen LogP contribution in [-0.4, -0.2) is 33.0 Å². The van der Waals surface area contributed by atoms with Crippen molar-refractivity contribution in [3.63, 3.8) is 0 Å². The fourth-order valence-corrected chi connectivity index (χ4v) is 2.44. The number of H-pyrrole nitrogens is 1. The molecule has 3 N–H and O–H groups in total. The lowest BCUT2D eigenvalue weighted by Crippen LogP contribution is -2.41. The molecule has 2 aromatic carbocycles. The van der Waals surface area contributed by atoms with E-state index in [0.717, 1.165) is 11.1 Å². The van der Waals surface area contributed by atoms with E-state index in [-0.39, 0.29) is 11.8 Å². The van der Waals surface area contributed by atoms with Gasteiger partial charge in [0.1, 0.15) is 12.4 Å². The summed E-state index contributed by atoms with van der Waals surface area (Å²) in [5, 5.41) is 12.1. The smallest absolute Gasteiger partial charge is 0.251 e. The average molecular weight is 349 g/mol. The highest BCUT2D eigenvalue weighted by atomic mass is 16.2. The summed E-state index contributed by atoms with van der Waals surface area (Å²) in [7, 11) is 0. The molecule has 1 aromatic heterocycles. The molecule has 1 atom stereocenters. The molecule has 3 aromatic rings. The van der Waals surface area contributed by atoms with Gasteiger partial charge in [-0.1, -0.05) is 17.7 Å². The predicted molar refractivity (Wildman–Crippen MR) is 98.6 cm³/mol. The molecule has 1 unspecified atom stereocenters. The van der Waals surface area contributed by atoms with Gasteiger partial charge in [0.15, 0.2) is 5.82 Å². The van der Waals surface area contributed by atoms with Gasteiger partial charge in [0.25, 0.3) is 5.91 Å². The van der Waals surface area contributed by atoms with Gasteiger partial charge in [0, 0.05) is 16.8 Å². The molecule has 0 bridgehead atoms. The van der Waals surface area contributed by atoms with Gasteiger partial charge in [0.05, 0.1) is 0 Å². The van der Waals surface area contributed by atoms with Gasteiger partial charge < -0.3 is 10.6 Å². The Hall–Kier alpha value is -3.48. The number of rotatable bonds is 5. The SMILES string of the molecule is Cc1cccc(C(=O)NC(C)C(=O)Nc2ccc(-c3ncn[nH]3)cc2)c1. The first-order valence-electron chi connectivity index (χ1n) is 8.17. The van der Waals surface area contributed by atoms with Crippen LogP contribution in [-0.2, 0) is 4.79 Å². The van der Waals surface area contributed by atoms with Crippen molar-refractivity contribution in [1.29, 1.82) is 0 Å². The van der Waals surface area contributed by atoms with Crippen LogP contribution >= 0.6 is 0 Å². The van der Waals surface area contributed by atoms with Crippen molar-refractivity contribution in [1.82, 2.24) is 20.5 Å². The maximum Gasteiger partial charge on any atom is 0.251 e. The van der Waals surface area contributed by atoms with E-state index in [4.69, 9.17) is 0 Å². The van der Waals surface area contributed by atoms with Crippen LogP contribution in [0.5, 0.6) is 0 Å². The Bertz CT molecular complexity index is 904. The van der Waals surface area contributed by atoms with Crippen LogP contribution in [0.15, 0.2) is 54.9 Å². The van der Waals surface area contributed by atoms with Crippen LogP contribution in [0.4, 0.5) is 5.69 Å². The fraction of sp³-hybridized carbons (Fsp3) is 0.158. The van der Waals surface area contributed by atoms with Gasteiger partial charge in [-0.15, -0.1) is 0 Å². The zero-order valence-corrected chi connectivity index (χ0v) is 14.5. The van der Waals surface area contributed by atoms with Crippen LogP contribution in [0.25, 0.3) is 11.4 Å². The normalized spacial score (nSPS) is 11.6. The first-order chi connectivity index (χ1) is 12.5. The highest BCUT2D eigenvalue weighted by Crippen LogP contribution is 2.17. The van der Waals surface area contributed by atoms with Crippen LogP contribution < -0.4 is 10.6 Å². The number of hydrogen-bond acceptors (Lipinski definition) is 4. The number of nitrogens with zero attached hydrogens (tertiary/aromatic N) is 2. The molecule has 0 spiro atoms. The molecular formula is C19H19N5O2. The zero-order valence-electron chi connectivity index (χ0n) is 14.5. The summed E-state index contributed by atoms with van der Waals surface area (Å²) in [5.41, 5.74) is 3.01. The summed E-state index contributed by atoms with van der Waals surface area (Å²) in [4.78, 5) is 28.6. The summed E-state index contributed by atoms with van der Waals surface area (Å²) in [6, 6.07) is 13.7. The van der Waals surface area contributed by atoms with Crippen LogP contribution in [0.1, 0.15) is 22.8 Å². The standard InChI is InChI=1S/C19H19N5O2/c1-12-4-3-5-15(10-12)19(26)22-13(2)18(25)23-16-8-6-14(7-9-16)17-20-11-21-24-17/h3-11,13H,1-2H3,(H,22,26)(H,23,25)(H,20,21,24). The minimum atomic E-state index is -0.669. The van der Waals surface area contributed by atoms with Crippen molar-refractivity contribution in [2.75, 3.05) is 5.32 Å². The molecule has 1 heterocycles. The minimum absolute atomic E-state index is 0.281. The summed E-state index contributed by atoms with van der Waals surface area (Å²) < 4.78 is 0. The Morgan fingerprint density at radius 1 is 1.12 bits per heavy atom. The van der Waals surface area contributed by atoms with E-state index < -0.39 is 6.04 Å². The fourth-order valence-electron chi connectivity index (χ4n) is 2.44. The van der Waals surface area contributed by atoms with Gasteiger partial charge in [-0.3, -0.25) is 14.7 Å². The molecule has 2 amide bonds. The van der Waals surface area contributed by atoms with E-state index in [9.17, 15) is 9.59 Å². The number of aromatic amines is 1. The molecule has 0 aliphatic carbocycles. The minimum Gasteiger partial charge on any atom is -0.341 e. The van der Waals surface area contributed by atoms with Gasteiger partial charge in [-0.05, 0) is 50.2 Å². The topological polar surface area (TPSA) is 99.8 Å². The first kappa shape index (κ1) is 17.3. The summed E-state index contributed by atoms with van der Waals surface area (Å²) in [5.74, 6) is 0.0806. The van der Waals surface area contributed by atoms with Crippen molar-refractivity contribution in [2.45, 2.75) is 19.9 Å². The molecule has 132 valence electrons. The second kappa shape index (κ2) is 7.60. The van der Waals surface area contributed by atoms with Gasteiger partial charge in [-0.2, -0.15) is 5.10 Å². The molecule has 0 radical (unpaired) electrons.